The molecule has 1 aliphatic rings. The molecule has 3 heterocycles. The Kier molecular flexibility index (Phi) is 4.60. The van der Waals surface area contributed by atoms with Crippen LogP contribution in [0.15, 0.2) is 59.5 Å². The number of amides is 1. The van der Waals surface area contributed by atoms with Gasteiger partial charge in [-0.2, -0.15) is 5.10 Å². The van der Waals surface area contributed by atoms with E-state index in [0.29, 0.717) is 24.4 Å². The van der Waals surface area contributed by atoms with Gasteiger partial charge in [0.1, 0.15) is 6.54 Å². The Morgan fingerprint density at radius 2 is 1.83 bits per heavy atom. The first-order valence-corrected chi connectivity index (χ1v) is 10.6. The maximum atomic E-state index is 12.8. The molecule has 1 aliphatic heterocycles. The molecule has 5 rings (SSSR count). The summed E-state index contributed by atoms with van der Waals surface area (Å²) >= 11 is 1.75. The predicted octanol–water partition coefficient (Wildman–Crippen LogP) is 3.41. The van der Waals surface area contributed by atoms with E-state index in [0.717, 1.165) is 28.8 Å². The molecule has 1 fully saturated rings. The Labute approximate surface area is 171 Å². The number of nitrogens with zero attached hydrogens (tertiary/aromatic N) is 4. The second-order valence-electron chi connectivity index (χ2n) is 7.37. The minimum absolute atomic E-state index is 0.0184. The number of hydrogen-bond acceptors (Lipinski definition) is 5. The average Bonchev–Trinajstić information content (AvgIpc) is 3.20. The van der Waals surface area contributed by atoms with Gasteiger partial charge in [-0.25, -0.2) is 9.67 Å². The largest absolute Gasteiger partial charge is 0.341 e. The second kappa shape index (κ2) is 7.40. The Morgan fingerprint density at radius 3 is 2.66 bits per heavy atom. The third-order valence-electron chi connectivity index (χ3n) is 5.55. The lowest BCUT2D eigenvalue weighted by Gasteiger charge is -2.31. The maximum absolute atomic E-state index is 12.8. The summed E-state index contributed by atoms with van der Waals surface area (Å²) in [7, 11) is 0. The lowest BCUT2D eigenvalue weighted by Crippen LogP contribution is -2.41. The molecule has 0 bridgehead atoms. The number of para-hydroxylation sites is 1. The molecule has 0 radical (unpaired) electrons. The van der Waals surface area contributed by atoms with Crippen molar-refractivity contribution in [2.24, 2.45) is 0 Å². The molecule has 1 saturated heterocycles. The maximum Gasteiger partial charge on any atom is 0.275 e. The zero-order chi connectivity index (χ0) is 19.8. The normalized spacial score (nSPS) is 15.2. The molecule has 2 aromatic heterocycles. The summed E-state index contributed by atoms with van der Waals surface area (Å²) in [5, 5.41) is 6.71. The summed E-state index contributed by atoms with van der Waals surface area (Å²) in [6.07, 6.45) is 3.43. The molecule has 0 saturated carbocycles. The second-order valence-corrected chi connectivity index (χ2v) is 8.43. The number of carbonyl (C=O) groups excluding carboxylic acids is 1. The highest BCUT2D eigenvalue weighted by Gasteiger charge is 2.26. The standard InChI is InChI=1S/C22H20N4O2S/c27-20(14-26-22(28)17-6-2-1-5-16(17)13-23-26)25-11-9-15(10-12-25)21-24-18-7-3-4-8-19(18)29-21/h1-8,13,15H,9-12,14H2. The molecule has 7 heteroatoms. The van der Waals surface area contributed by atoms with E-state index in [2.05, 4.69) is 11.2 Å². The van der Waals surface area contributed by atoms with E-state index >= 15 is 0 Å². The minimum Gasteiger partial charge on any atom is -0.341 e. The number of hydrogen-bond donors (Lipinski definition) is 0. The number of aromatic nitrogens is 3. The van der Waals surface area contributed by atoms with Gasteiger partial charge < -0.3 is 4.90 Å². The Bertz CT molecular complexity index is 1220. The number of likely N-dealkylation sites (tertiary alicyclic amines) is 1. The van der Waals surface area contributed by atoms with Crippen LogP contribution in [-0.2, 0) is 11.3 Å². The van der Waals surface area contributed by atoms with Crippen LogP contribution in [0.5, 0.6) is 0 Å². The van der Waals surface area contributed by atoms with Gasteiger partial charge in [-0.3, -0.25) is 9.59 Å². The first-order chi connectivity index (χ1) is 14.2. The van der Waals surface area contributed by atoms with Gasteiger partial charge in [-0.1, -0.05) is 30.3 Å². The molecule has 0 aliphatic carbocycles. The summed E-state index contributed by atoms with van der Waals surface area (Å²) in [4.78, 5) is 32.0. The van der Waals surface area contributed by atoms with E-state index in [4.69, 9.17) is 4.98 Å². The number of thiazole rings is 1. The summed E-state index contributed by atoms with van der Waals surface area (Å²) in [6, 6.07) is 15.5. The fourth-order valence-electron chi connectivity index (χ4n) is 3.91. The van der Waals surface area contributed by atoms with Crippen molar-refractivity contribution in [2.45, 2.75) is 25.3 Å². The van der Waals surface area contributed by atoms with Gasteiger partial charge in [0.25, 0.3) is 5.56 Å². The smallest absolute Gasteiger partial charge is 0.275 e. The zero-order valence-corrected chi connectivity index (χ0v) is 16.6. The van der Waals surface area contributed by atoms with Crippen molar-refractivity contribution in [3.63, 3.8) is 0 Å². The van der Waals surface area contributed by atoms with Crippen LogP contribution in [0, 0.1) is 0 Å². The summed E-state index contributed by atoms with van der Waals surface area (Å²) in [6.45, 7) is 1.35. The fraction of sp³-hybridized carbons (Fsp3) is 0.273. The third-order valence-corrected chi connectivity index (χ3v) is 6.75. The van der Waals surface area contributed by atoms with Crippen molar-refractivity contribution < 1.29 is 4.79 Å². The number of rotatable bonds is 3. The highest BCUT2D eigenvalue weighted by atomic mass is 32.1. The Hall–Kier alpha value is -3.06. The number of piperidine rings is 1. The van der Waals surface area contributed by atoms with Crippen LogP contribution in [0.4, 0.5) is 0 Å². The van der Waals surface area contributed by atoms with Crippen LogP contribution < -0.4 is 5.56 Å². The van der Waals surface area contributed by atoms with Crippen molar-refractivity contribution in [2.75, 3.05) is 13.1 Å². The minimum atomic E-state index is -0.221. The molecule has 29 heavy (non-hydrogen) atoms. The molecule has 6 nitrogen and oxygen atoms in total. The molecule has 2 aromatic carbocycles. The quantitative estimate of drug-likeness (QED) is 0.525. The van der Waals surface area contributed by atoms with Crippen LogP contribution in [0.3, 0.4) is 0 Å². The lowest BCUT2D eigenvalue weighted by molar-refractivity contribution is -0.133. The first kappa shape index (κ1) is 18.0. The molecule has 4 aromatic rings. The number of carbonyl (C=O) groups is 1. The van der Waals surface area contributed by atoms with E-state index in [-0.39, 0.29) is 18.0 Å². The summed E-state index contributed by atoms with van der Waals surface area (Å²) in [5.41, 5.74) is 0.827. The van der Waals surface area contributed by atoms with Gasteiger partial charge in [-0.05, 0) is 31.0 Å². The molecular formula is C22H20N4O2S. The van der Waals surface area contributed by atoms with Gasteiger partial charge in [0.2, 0.25) is 5.91 Å². The molecule has 0 unspecified atom stereocenters. The van der Waals surface area contributed by atoms with Crippen molar-refractivity contribution in [3.8, 4) is 0 Å². The van der Waals surface area contributed by atoms with Crippen molar-refractivity contribution >= 4 is 38.2 Å². The van der Waals surface area contributed by atoms with E-state index < -0.39 is 0 Å². The van der Waals surface area contributed by atoms with Gasteiger partial charge in [0.05, 0.1) is 26.8 Å². The number of fused-ring (bicyclic) bond motifs is 2. The Morgan fingerprint density at radius 1 is 1.07 bits per heavy atom. The van der Waals surface area contributed by atoms with Crippen LogP contribution in [0.2, 0.25) is 0 Å². The molecular weight excluding hydrogens is 384 g/mol. The first-order valence-electron chi connectivity index (χ1n) is 9.77. The van der Waals surface area contributed by atoms with Crippen molar-refractivity contribution in [1.82, 2.24) is 19.7 Å². The van der Waals surface area contributed by atoms with E-state index in [1.807, 2.05) is 41.3 Å². The van der Waals surface area contributed by atoms with E-state index in [9.17, 15) is 9.59 Å². The monoisotopic (exact) mass is 404 g/mol. The van der Waals surface area contributed by atoms with Crippen LogP contribution in [-0.4, -0.2) is 38.7 Å². The summed E-state index contributed by atoms with van der Waals surface area (Å²) in [5.74, 6) is 0.329. The zero-order valence-electron chi connectivity index (χ0n) is 15.8. The van der Waals surface area contributed by atoms with Gasteiger partial charge in [0, 0.05) is 24.4 Å². The predicted molar refractivity (Wildman–Crippen MR) is 114 cm³/mol. The molecule has 1 amide bonds. The lowest BCUT2D eigenvalue weighted by atomic mass is 9.97. The van der Waals surface area contributed by atoms with Gasteiger partial charge in [-0.15, -0.1) is 11.3 Å². The SMILES string of the molecule is O=C(Cn1ncc2ccccc2c1=O)N1CCC(c2nc3ccccc3s2)CC1. The highest BCUT2D eigenvalue weighted by molar-refractivity contribution is 7.18. The van der Waals surface area contributed by atoms with Crippen molar-refractivity contribution in [3.05, 3.63) is 70.1 Å². The van der Waals surface area contributed by atoms with Crippen LogP contribution in [0.1, 0.15) is 23.8 Å². The van der Waals surface area contributed by atoms with Gasteiger partial charge in [0.15, 0.2) is 0 Å². The Balaban J connectivity index is 1.27. The number of benzene rings is 2. The molecule has 0 spiro atoms. The molecule has 0 N–H and O–H groups in total. The highest BCUT2D eigenvalue weighted by Crippen LogP contribution is 2.33. The van der Waals surface area contributed by atoms with Crippen LogP contribution >= 0.6 is 11.3 Å². The van der Waals surface area contributed by atoms with Crippen molar-refractivity contribution in [1.29, 1.82) is 0 Å². The third kappa shape index (κ3) is 3.42. The fourth-order valence-corrected chi connectivity index (χ4v) is 5.05. The molecule has 146 valence electrons. The topological polar surface area (TPSA) is 68.1 Å². The van der Waals surface area contributed by atoms with Crippen LogP contribution in [0.25, 0.3) is 21.0 Å². The average molecular weight is 404 g/mol. The van der Waals surface area contributed by atoms with E-state index in [1.54, 1.807) is 23.6 Å². The van der Waals surface area contributed by atoms with Gasteiger partial charge >= 0.3 is 0 Å². The summed E-state index contributed by atoms with van der Waals surface area (Å²) < 4.78 is 2.48. The van der Waals surface area contributed by atoms with E-state index in [1.165, 1.54) is 9.38 Å². The molecule has 0 atom stereocenters.